The highest BCUT2D eigenvalue weighted by Crippen LogP contribution is 2.40. The van der Waals surface area contributed by atoms with E-state index >= 15 is 0 Å². The molecule has 0 aromatic carbocycles. The molecule has 0 aliphatic carbocycles. The normalized spacial score (nSPS) is 25.8. The third kappa shape index (κ3) is 3.10. The van der Waals surface area contributed by atoms with E-state index in [9.17, 15) is 4.79 Å². The lowest BCUT2D eigenvalue weighted by Gasteiger charge is -2.42. The molecule has 6 rings (SSSR count). The number of oxazole rings is 1. The number of piperidine rings is 1. The molecule has 0 N–H and O–H groups in total. The Morgan fingerprint density at radius 3 is 2.97 bits per heavy atom. The fourth-order valence-electron chi connectivity index (χ4n) is 5.09. The molecule has 162 valence electrons. The van der Waals surface area contributed by atoms with Crippen LogP contribution in [0.5, 0.6) is 0 Å². The van der Waals surface area contributed by atoms with E-state index in [1.165, 1.54) is 11.9 Å². The van der Waals surface area contributed by atoms with Gasteiger partial charge in [0, 0.05) is 55.7 Å². The highest BCUT2D eigenvalue weighted by atomic mass is 32.2. The van der Waals surface area contributed by atoms with Crippen LogP contribution in [0.2, 0.25) is 0 Å². The van der Waals surface area contributed by atoms with Gasteiger partial charge in [0.05, 0.1) is 17.0 Å². The Hall–Kier alpha value is -2.93. The number of quaternary nitrogens is 1. The number of pyridine rings is 1. The molecule has 4 aliphatic heterocycles. The molecular formula is C23H23N6O2S+. The van der Waals surface area contributed by atoms with Crippen LogP contribution in [0, 0.1) is 11.3 Å². The van der Waals surface area contributed by atoms with E-state index < -0.39 is 0 Å². The average Bonchev–Trinajstić information content (AvgIpc) is 3.61. The zero-order chi connectivity index (χ0) is 21.7. The molecule has 0 bridgehead atoms. The van der Waals surface area contributed by atoms with Crippen LogP contribution in [0.3, 0.4) is 0 Å². The molecule has 2 saturated heterocycles. The van der Waals surface area contributed by atoms with E-state index in [4.69, 9.17) is 9.68 Å². The molecule has 0 spiro atoms. The number of nitriles is 1. The van der Waals surface area contributed by atoms with Gasteiger partial charge in [-0.25, -0.2) is 4.98 Å². The molecule has 2 aromatic rings. The minimum atomic E-state index is 0.182. The first-order valence-corrected chi connectivity index (χ1v) is 12.1. The lowest BCUT2D eigenvalue weighted by Crippen LogP contribution is -2.56. The summed E-state index contributed by atoms with van der Waals surface area (Å²) in [5.74, 6) is 2.93. The van der Waals surface area contributed by atoms with Gasteiger partial charge in [0.15, 0.2) is 22.8 Å². The lowest BCUT2D eigenvalue weighted by atomic mass is 9.97. The summed E-state index contributed by atoms with van der Waals surface area (Å²) in [6.07, 6.45) is 11.9. The molecule has 0 unspecified atom stereocenters. The van der Waals surface area contributed by atoms with Gasteiger partial charge in [-0.2, -0.15) is 14.8 Å². The highest BCUT2D eigenvalue weighted by molar-refractivity contribution is 7.99. The third-order valence-corrected chi connectivity index (χ3v) is 7.78. The number of hydrogen-bond donors (Lipinski definition) is 0. The number of thioether (sulfide) groups is 1. The number of carbonyl (C=O) groups is 1. The summed E-state index contributed by atoms with van der Waals surface area (Å²) in [5, 5.41) is 11.5. The van der Waals surface area contributed by atoms with Crippen molar-refractivity contribution in [1.82, 2.24) is 19.9 Å². The van der Waals surface area contributed by atoms with E-state index in [-0.39, 0.29) is 11.8 Å². The van der Waals surface area contributed by atoms with Gasteiger partial charge in [0.25, 0.3) is 5.91 Å². The van der Waals surface area contributed by atoms with Gasteiger partial charge in [-0.15, -0.1) is 16.8 Å². The van der Waals surface area contributed by atoms with Gasteiger partial charge in [0.1, 0.15) is 18.8 Å². The minimum absolute atomic E-state index is 0.182. The Morgan fingerprint density at radius 1 is 1.31 bits per heavy atom. The molecule has 1 atom stereocenters. The van der Waals surface area contributed by atoms with Crippen LogP contribution >= 0.6 is 11.8 Å². The number of hydrogen-bond acceptors (Lipinski definition) is 7. The SMILES string of the molecule is N#Cc1cnc2nc(C3CCN([N@@+]45C=CC=C4C=C(C(=O)N4CCSC4)C5)CC3)oc2c1. The average molecular weight is 448 g/mol. The quantitative estimate of drug-likeness (QED) is 0.669. The predicted octanol–water partition coefficient (Wildman–Crippen LogP) is 2.89. The van der Waals surface area contributed by atoms with Crippen molar-refractivity contribution in [2.75, 3.05) is 37.8 Å². The molecule has 0 saturated carbocycles. The Balaban J connectivity index is 1.17. The summed E-state index contributed by atoms with van der Waals surface area (Å²) in [6.45, 7) is 3.31. The van der Waals surface area contributed by atoms with E-state index in [2.05, 4.69) is 45.5 Å². The van der Waals surface area contributed by atoms with Gasteiger partial charge in [0.2, 0.25) is 0 Å². The molecule has 6 heterocycles. The molecule has 2 fully saturated rings. The predicted molar refractivity (Wildman–Crippen MR) is 120 cm³/mol. The van der Waals surface area contributed by atoms with E-state index in [1.54, 1.807) is 6.07 Å². The number of carbonyl (C=O) groups excluding carboxylic acids is 1. The first kappa shape index (κ1) is 19.7. The Kier molecular flexibility index (Phi) is 4.68. The summed E-state index contributed by atoms with van der Waals surface area (Å²) < 4.78 is 6.59. The topological polar surface area (TPSA) is 86.3 Å². The molecule has 8 nitrogen and oxygen atoms in total. The van der Waals surface area contributed by atoms with Gasteiger partial charge in [-0.1, -0.05) is 0 Å². The molecule has 0 radical (unpaired) electrons. The van der Waals surface area contributed by atoms with Crippen LogP contribution in [0.15, 0.2) is 52.4 Å². The van der Waals surface area contributed by atoms with E-state index in [0.29, 0.717) is 33.8 Å². The van der Waals surface area contributed by atoms with Gasteiger partial charge >= 0.3 is 0 Å². The van der Waals surface area contributed by atoms with Crippen LogP contribution in [0.1, 0.15) is 30.2 Å². The zero-order valence-corrected chi connectivity index (χ0v) is 18.4. The molecule has 32 heavy (non-hydrogen) atoms. The summed E-state index contributed by atoms with van der Waals surface area (Å²) in [4.78, 5) is 23.8. The summed E-state index contributed by atoms with van der Waals surface area (Å²) in [6, 6.07) is 3.79. The maximum absolute atomic E-state index is 13.0. The van der Waals surface area contributed by atoms with Crippen molar-refractivity contribution in [3.05, 3.63) is 59.4 Å². The fourth-order valence-corrected chi connectivity index (χ4v) is 6.04. The van der Waals surface area contributed by atoms with Crippen molar-refractivity contribution in [1.29, 1.82) is 5.26 Å². The van der Waals surface area contributed by atoms with E-state index in [0.717, 1.165) is 49.7 Å². The summed E-state index contributed by atoms with van der Waals surface area (Å²) in [5.41, 5.74) is 3.69. The number of allylic oxidation sites excluding steroid dienone is 3. The zero-order valence-electron chi connectivity index (χ0n) is 17.6. The largest absolute Gasteiger partial charge is 0.439 e. The van der Waals surface area contributed by atoms with Crippen molar-refractivity contribution >= 4 is 28.9 Å². The second-order valence-electron chi connectivity index (χ2n) is 8.63. The van der Waals surface area contributed by atoms with Crippen molar-refractivity contribution in [2.24, 2.45) is 0 Å². The Bertz CT molecular complexity index is 1230. The molecule has 9 heteroatoms. The monoisotopic (exact) mass is 447 g/mol. The first-order chi connectivity index (χ1) is 15.7. The lowest BCUT2D eigenvalue weighted by molar-refractivity contribution is -0.949. The number of amides is 1. The van der Waals surface area contributed by atoms with Crippen LogP contribution in [0.4, 0.5) is 0 Å². The third-order valence-electron chi connectivity index (χ3n) is 6.81. The van der Waals surface area contributed by atoms with Gasteiger partial charge in [-0.3, -0.25) is 4.79 Å². The number of rotatable bonds is 3. The number of nitrogens with zero attached hydrogens (tertiary/aromatic N) is 6. The maximum atomic E-state index is 13.0. The van der Waals surface area contributed by atoms with Crippen molar-refractivity contribution < 1.29 is 13.8 Å². The van der Waals surface area contributed by atoms with E-state index in [1.807, 2.05) is 16.7 Å². The van der Waals surface area contributed by atoms with Gasteiger partial charge in [-0.05, 0) is 18.9 Å². The second kappa shape index (κ2) is 7.59. The molecule has 1 amide bonds. The van der Waals surface area contributed by atoms with Crippen molar-refractivity contribution in [2.45, 2.75) is 18.8 Å². The maximum Gasteiger partial charge on any atom is 0.256 e. The van der Waals surface area contributed by atoms with Gasteiger partial charge < -0.3 is 9.32 Å². The van der Waals surface area contributed by atoms with Crippen molar-refractivity contribution in [3.63, 3.8) is 0 Å². The number of fused-ring (bicyclic) bond motifs is 2. The molecule has 4 aliphatic rings. The second-order valence-corrected chi connectivity index (χ2v) is 9.71. The van der Waals surface area contributed by atoms with Crippen LogP contribution in [-0.2, 0) is 4.79 Å². The van der Waals surface area contributed by atoms with Crippen molar-refractivity contribution in [3.8, 4) is 6.07 Å². The smallest absolute Gasteiger partial charge is 0.256 e. The molecular weight excluding hydrogens is 424 g/mol. The standard InChI is InChI=1S/C23H23N6O2S/c24-12-16-10-20-21(25-13-16)26-22(31-20)17-3-5-28(6-4-17)29-8-1-2-19(29)11-18(14-29)23(30)27-7-9-32-15-27/h1-2,8,10-11,13,17H,3-7,9,14-15H2/q+1/t29-/m1/s1. The summed E-state index contributed by atoms with van der Waals surface area (Å²) >= 11 is 1.82. The molecule has 2 aromatic heterocycles. The minimum Gasteiger partial charge on any atom is -0.439 e. The van der Waals surface area contributed by atoms with Crippen LogP contribution < -0.4 is 0 Å². The summed E-state index contributed by atoms with van der Waals surface area (Å²) in [7, 11) is 0. The first-order valence-electron chi connectivity index (χ1n) is 10.9. The Morgan fingerprint density at radius 2 is 2.19 bits per heavy atom. The Labute approximate surface area is 190 Å². The number of aromatic nitrogens is 2. The van der Waals surface area contributed by atoms with Crippen LogP contribution in [-0.4, -0.2) is 68.2 Å². The van der Waals surface area contributed by atoms with Crippen LogP contribution in [0.25, 0.3) is 11.2 Å². The highest BCUT2D eigenvalue weighted by Gasteiger charge is 2.48. The fraction of sp³-hybridized carbons (Fsp3) is 0.391.